The normalized spacial score (nSPS) is 11.1. The van der Waals surface area contributed by atoms with Crippen molar-refractivity contribution in [2.75, 3.05) is 7.11 Å². The number of alkyl halides is 3. The summed E-state index contributed by atoms with van der Waals surface area (Å²) < 4.78 is 44.7. The maximum absolute atomic E-state index is 12.1. The lowest BCUT2D eigenvalue weighted by atomic mass is 10.1. The van der Waals surface area contributed by atoms with E-state index in [1.807, 2.05) is 0 Å². The first kappa shape index (κ1) is 16.1. The second-order valence-electron chi connectivity index (χ2n) is 4.08. The van der Waals surface area contributed by atoms with Crippen molar-refractivity contribution >= 4 is 17.6 Å². The molecule has 0 aliphatic carbocycles. The second-order valence-corrected chi connectivity index (χ2v) is 4.46. The van der Waals surface area contributed by atoms with Crippen LogP contribution in [0.3, 0.4) is 0 Å². The summed E-state index contributed by atoms with van der Waals surface area (Å²) in [6, 6.07) is 6.36. The highest BCUT2D eigenvalue weighted by Gasteiger charge is 2.31. The summed E-state index contributed by atoms with van der Waals surface area (Å²) in [6.45, 7) is 0. The van der Waals surface area contributed by atoms with Crippen molar-refractivity contribution in [1.29, 1.82) is 0 Å². The Labute approximate surface area is 128 Å². The van der Waals surface area contributed by atoms with Crippen LogP contribution < -0.4 is 4.74 Å². The van der Waals surface area contributed by atoms with Crippen LogP contribution in [0.5, 0.6) is 5.75 Å². The third-order valence-corrected chi connectivity index (χ3v) is 3.04. The van der Waals surface area contributed by atoms with Crippen molar-refractivity contribution in [3.63, 3.8) is 0 Å². The van der Waals surface area contributed by atoms with Gasteiger partial charge in [-0.3, -0.25) is 4.98 Å². The molecule has 0 aliphatic heterocycles. The molecule has 0 N–H and O–H groups in total. The Morgan fingerprint density at radius 1 is 1.18 bits per heavy atom. The molecule has 1 aromatic heterocycles. The van der Waals surface area contributed by atoms with Crippen LogP contribution in [0, 0.1) is 0 Å². The number of hydrogen-bond donors (Lipinski definition) is 0. The van der Waals surface area contributed by atoms with Crippen molar-refractivity contribution in [3.05, 3.63) is 47.1 Å². The van der Waals surface area contributed by atoms with Crippen LogP contribution >= 0.6 is 11.6 Å². The first-order valence-electron chi connectivity index (χ1n) is 5.91. The summed E-state index contributed by atoms with van der Waals surface area (Å²) in [7, 11) is 1.21. The number of halogens is 4. The topological polar surface area (TPSA) is 48.4 Å². The maximum Gasteiger partial charge on any atom is 0.573 e. The quantitative estimate of drug-likeness (QED) is 0.795. The van der Waals surface area contributed by atoms with Gasteiger partial charge in [-0.25, -0.2) is 4.79 Å². The van der Waals surface area contributed by atoms with Crippen molar-refractivity contribution in [2.24, 2.45) is 0 Å². The van der Waals surface area contributed by atoms with Crippen LogP contribution in [0.1, 0.15) is 10.4 Å². The number of rotatable bonds is 3. The minimum Gasteiger partial charge on any atom is -0.465 e. The number of nitrogens with zero attached hydrogens (tertiary/aromatic N) is 1. The fourth-order valence-corrected chi connectivity index (χ4v) is 2.03. The average molecular weight is 332 g/mol. The minimum absolute atomic E-state index is 0.0545. The van der Waals surface area contributed by atoms with E-state index < -0.39 is 12.3 Å². The predicted molar refractivity (Wildman–Crippen MR) is 72.7 cm³/mol. The Kier molecular flexibility index (Phi) is 4.56. The van der Waals surface area contributed by atoms with Gasteiger partial charge < -0.3 is 9.47 Å². The number of aromatic nitrogens is 1. The van der Waals surface area contributed by atoms with E-state index >= 15 is 0 Å². The fourth-order valence-electron chi connectivity index (χ4n) is 1.73. The van der Waals surface area contributed by atoms with Gasteiger partial charge in [0.2, 0.25) is 0 Å². The molecule has 0 unspecified atom stereocenters. The van der Waals surface area contributed by atoms with E-state index in [4.69, 9.17) is 11.6 Å². The minimum atomic E-state index is -4.76. The van der Waals surface area contributed by atoms with E-state index in [0.29, 0.717) is 5.56 Å². The molecule has 1 aromatic carbocycles. The highest BCUT2D eigenvalue weighted by molar-refractivity contribution is 6.35. The van der Waals surface area contributed by atoms with E-state index in [-0.39, 0.29) is 22.0 Å². The van der Waals surface area contributed by atoms with Gasteiger partial charge in [0, 0.05) is 11.8 Å². The molecule has 0 amide bonds. The fraction of sp³-hybridized carbons (Fsp3) is 0.143. The molecule has 0 spiro atoms. The summed E-state index contributed by atoms with van der Waals surface area (Å²) in [5.74, 6) is -0.998. The molecule has 4 nitrogen and oxygen atoms in total. The summed E-state index contributed by atoms with van der Waals surface area (Å²) in [5, 5.41) is 0.0545. The monoisotopic (exact) mass is 331 g/mol. The molecule has 116 valence electrons. The molecule has 2 aromatic rings. The molecule has 0 saturated heterocycles. The second kappa shape index (κ2) is 6.23. The predicted octanol–water partition coefficient (Wildman–Crippen LogP) is 4.09. The third kappa shape index (κ3) is 3.67. The highest BCUT2D eigenvalue weighted by Crippen LogP contribution is 2.31. The number of methoxy groups -OCH3 is 1. The van der Waals surface area contributed by atoms with Crippen LogP contribution in [0.2, 0.25) is 5.02 Å². The van der Waals surface area contributed by atoms with Gasteiger partial charge in [-0.15, -0.1) is 13.2 Å². The molecule has 0 aliphatic rings. The zero-order valence-corrected chi connectivity index (χ0v) is 11.9. The lowest BCUT2D eigenvalue weighted by Crippen LogP contribution is -2.16. The van der Waals surface area contributed by atoms with E-state index in [2.05, 4.69) is 14.5 Å². The third-order valence-electron chi connectivity index (χ3n) is 2.66. The summed E-state index contributed by atoms with van der Waals surface area (Å²) in [5.41, 5.74) is 0.804. The Morgan fingerprint density at radius 2 is 1.82 bits per heavy atom. The Balaban J connectivity index is 2.35. The molecule has 0 bridgehead atoms. The van der Waals surface area contributed by atoms with Crippen molar-refractivity contribution in [2.45, 2.75) is 6.36 Å². The van der Waals surface area contributed by atoms with Crippen LogP contribution in [0.25, 0.3) is 11.3 Å². The molecule has 8 heteroatoms. The molecule has 0 fully saturated rings. The Morgan fingerprint density at radius 3 is 2.36 bits per heavy atom. The average Bonchev–Trinajstić information content (AvgIpc) is 2.46. The van der Waals surface area contributed by atoms with E-state index in [1.165, 1.54) is 31.5 Å². The number of carbonyl (C=O) groups excluding carboxylic acids is 1. The van der Waals surface area contributed by atoms with E-state index in [1.54, 1.807) is 0 Å². The zero-order valence-electron chi connectivity index (χ0n) is 11.1. The molecule has 22 heavy (non-hydrogen) atoms. The van der Waals surface area contributed by atoms with Gasteiger partial charge in [0.05, 0.1) is 23.4 Å². The van der Waals surface area contributed by atoms with Crippen LogP contribution in [-0.4, -0.2) is 24.4 Å². The number of hydrogen-bond acceptors (Lipinski definition) is 4. The smallest absolute Gasteiger partial charge is 0.465 e. The van der Waals surface area contributed by atoms with Crippen LogP contribution in [-0.2, 0) is 4.74 Å². The Bertz CT molecular complexity index is 687. The number of benzene rings is 1. The van der Waals surface area contributed by atoms with Crippen molar-refractivity contribution in [3.8, 4) is 17.0 Å². The van der Waals surface area contributed by atoms with Crippen LogP contribution in [0.15, 0.2) is 36.5 Å². The van der Waals surface area contributed by atoms with Crippen LogP contribution in [0.4, 0.5) is 13.2 Å². The van der Waals surface area contributed by atoms with Gasteiger partial charge in [0.1, 0.15) is 5.75 Å². The number of ether oxygens (including phenoxy) is 2. The first-order chi connectivity index (χ1) is 10.3. The van der Waals surface area contributed by atoms with E-state index in [0.717, 1.165) is 12.1 Å². The highest BCUT2D eigenvalue weighted by atomic mass is 35.5. The maximum atomic E-state index is 12.1. The Hall–Kier alpha value is -2.28. The summed E-state index contributed by atoms with van der Waals surface area (Å²) in [4.78, 5) is 15.6. The zero-order chi connectivity index (χ0) is 16.3. The molecular formula is C14H9ClF3NO3. The SMILES string of the molecule is COC(=O)c1ccnc(-c2ccc(OC(F)(F)F)cc2)c1Cl. The summed E-state index contributed by atoms with van der Waals surface area (Å²) in [6.07, 6.45) is -3.41. The van der Waals surface area contributed by atoms with Gasteiger partial charge in [-0.2, -0.15) is 0 Å². The summed E-state index contributed by atoms with van der Waals surface area (Å²) >= 11 is 6.09. The first-order valence-corrected chi connectivity index (χ1v) is 6.28. The van der Waals surface area contributed by atoms with Gasteiger partial charge in [-0.1, -0.05) is 11.6 Å². The van der Waals surface area contributed by atoms with Gasteiger partial charge in [0.25, 0.3) is 0 Å². The van der Waals surface area contributed by atoms with Crippen molar-refractivity contribution in [1.82, 2.24) is 4.98 Å². The number of carbonyl (C=O) groups is 1. The number of pyridine rings is 1. The molecule has 1 heterocycles. The molecule has 0 atom stereocenters. The van der Waals surface area contributed by atoms with Gasteiger partial charge in [0.15, 0.2) is 0 Å². The van der Waals surface area contributed by atoms with E-state index in [9.17, 15) is 18.0 Å². The lowest BCUT2D eigenvalue weighted by Gasteiger charge is -2.10. The lowest BCUT2D eigenvalue weighted by molar-refractivity contribution is -0.274. The number of esters is 1. The van der Waals surface area contributed by atoms with Crippen molar-refractivity contribution < 1.29 is 27.4 Å². The molecular weight excluding hydrogens is 323 g/mol. The molecule has 0 radical (unpaired) electrons. The molecule has 0 saturated carbocycles. The van der Waals surface area contributed by atoms with Gasteiger partial charge in [-0.05, 0) is 30.3 Å². The molecule has 2 rings (SSSR count). The van der Waals surface area contributed by atoms with Gasteiger partial charge >= 0.3 is 12.3 Å². The largest absolute Gasteiger partial charge is 0.573 e. The standard InChI is InChI=1S/C14H9ClF3NO3/c1-21-13(20)10-6-7-19-12(11(10)15)8-2-4-9(5-3-8)22-14(16,17)18/h2-7H,1H3.